The third-order valence-corrected chi connectivity index (χ3v) is 5.58. The Morgan fingerprint density at radius 1 is 1.28 bits per heavy atom. The van der Waals surface area contributed by atoms with Gasteiger partial charge in [0.15, 0.2) is 12.3 Å². The number of rotatable bonds is 6. The van der Waals surface area contributed by atoms with Crippen molar-refractivity contribution < 1.29 is 14.3 Å². The van der Waals surface area contributed by atoms with Crippen molar-refractivity contribution in [2.45, 2.75) is 27.3 Å². The van der Waals surface area contributed by atoms with Crippen molar-refractivity contribution in [1.82, 2.24) is 9.55 Å². The summed E-state index contributed by atoms with van der Waals surface area (Å²) >= 11 is 2.96. The molecule has 3 heterocycles. The normalized spacial score (nSPS) is 10.8. The average molecular weight is 374 g/mol. The lowest BCUT2D eigenvalue weighted by Crippen LogP contribution is -2.15. The summed E-state index contributed by atoms with van der Waals surface area (Å²) in [5, 5.41) is 6.36. The van der Waals surface area contributed by atoms with Gasteiger partial charge in [0, 0.05) is 39.8 Å². The Balaban J connectivity index is 1.65. The summed E-state index contributed by atoms with van der Waals surface area (Å²) in [7, 11) is 0. The third-order valence-electron chi connectivity index (χ3n) is 4.01. The Morgan fingerprint density at radius 3 is 2.72 bits per heavy atom. The van der Waals surface area contributed by atoms with Crippen LogP contribution in [0.1, 0.15) is 39.2 Å². The number of Topliss-reactive ketones (excluding diaryl/α,β-unsaturated/α-hetero) is 1. The summed E-state index contributed by atoms with van der Waals surface area (Å²) in [4.78, 5) is 28.8. The minimum absolute atomic E-state index is 0.200. The maximum atomic E-state index is 12.4. The van der Waals surface area contributed by atoms with Gasteiger partial charge in [-0.05, 0) is 38.3 Å². The lowest BCUT2D eigenvalue weighted by atomic mass is 10.1. The van der Waals surface area contributed by atoms with Crippen LogP contribution in [-0.2, 0) is 11.3 Å². The molecule has 3 rings (SSSR count). The molecule has 0 unspecified atom stereocenters. The molecule has 0 atom stereocenters. The maximum absolute atomic E-state index is 12.4. The van der Waals surface area contributed by atoms with Gasteiger partial charge in [-0.25, -0.2) is 9.78 Å². The Bertz CT molecular complexity index is 907. The van der Waals surface area contributed by atoms with Crippen molar-refractivity contribution in [1.29, 1.82) is 0 Å². The minimum atomic E-state index is -0.574. The lowest BCUT2D eigenvalue weighted by Gasteiger charge is -2.06. The van der Waals surface area contributed by atoms with Crippen LogP contribution in [0.4, 0.5) is 0 Å². The van der Waals surface area contributed by atoms with Gasteiger partial charge in [-0.1, -0.05) is 0 Å². The molecule has 0 radical (unpaired) electrons. The molecule has 0 amide bonds. The smallest absolute Gasteiger partial charge is 0.358 e. The molecule has 3 aromatic heterocycles. The highest BCUT2D eigenvalue weighted by molar-refractivity contribution is 7.14. The van der Waals surface area contributed by atoms with Gasteiger partial charge in [0.05, 0.1) is 0 Å². The number of carbonyl (C=O) groups is 2. The zero-order valence-corrected chi connectivity index (χ0v) is 15.9. The third kappa shape index (κ3) is 3.57. The summed E-state index contributed by atoms with van der Waals surface area (Å²) < 4.78 is 7.22. The van der Waals surface area contributed by atoms with Crippen molar-refractivity contribution in [3.63, 3.8) is 0 Å². The molecule has 0 spiro atoms. The van der Waals surface area contributed by atoms with Crippen LogP contribution >= 0.6 is 22.7 Å². The monoisotopic (exact) mass is 374 g/mol. The van der Waals surface area contributed by atoms with Gasteiger partial charge in [0.2, 0.25) is 5.78 Å². The summed E-state index contributed by atoms with van der Waals surface area (Å²) in [6.07, 6.45) is 0. The van der Waals surface area contributed by atoms with Crippen LogP contribution in [0, 0.1) is 13.8 Å². The van der Waals surface area contributed by atoms with Crippen LogP contribution in [0.15, 0.2) is 28.3 Å². The summed E-state index contributed by atoms with van der Waals surface area (Å²) in [5.41, 5.74) is 3.74. The maximum Gasteiger partial charge on any atom is 0.358 e. The molecule has 0 aromatic carbocycles. The standard InChI is InChI=1S/C18H18N2O3S2/c1-4-20-11(2)7-14(12(20)3)16(21)8-23-18(22)15-10-25-17(19-15)13-5-6-24-9-13/h5-7,9-10H,4,8H2,1-3H3. The topological polar surface area (TPSA) is 61.2 Å². The van der Waals surface area contributed by atoms with Crippen molar-refractivity contribution in [3.05, 3.63) is 50.9 Å². The van der Waals surface area contributed by atoms with Gasteiger partial charge in [0.25, 0.3) is 0 Å². The van der Waals surface area contributed by atoms with Crippen LogP contribution in [0.25, 0.3) is 10.6 Å². The first-order chi connectivity index (χ1) is 12.0. The Labute approximate surface area is 153 Å². The Morgan fingerprint density at radius 2 is 2.08 bits per heavy atom. The number of thiazole rings is 1. The highest BCUT2D eigenvalue weighted by Gasteiger charge is 2.19. The molecule has 0 saturated carbocycles. The second kappa shape index (κ2) is 7.33. The van der Waals surface area contributed by atoms with E-state index in [9.17, 15) is 9.59 Å². The van der Waals surface area contributed by atoms with Crippen LogP contribution in [0.5, 0.6) is 0 Å². The molecule has 25 heavy (non-hydrogen) atoms. The number of nitrogens with zero attached hydrogens (tertiary/aromatic N) is 2. The molecular formula is C18H18N2O3S2. The van der Waals surface area contributed by atoms with Gasteiger partial charge in [0.1, 0.15) is 5.01 Å². The van der Waals surface area contributed by atoms with Crippen molar-refractivity contribution in [3.8, 4) is 10.6 Å². The first kappa shape index (κ1) is 17.6. The fourth-order valence-electron chi connectivity index (χ4n) is 2.74. The average Bonchev–Trinajstić information content (AvgIpc) is 3.32. The van der Waals surface area contributed by atoms with Crippen LogP contribution < -0.4 is 0 Å². The zero-order valence-electron chi connectivity index (χ0n) is 14.2. The van der Waals surface area contributed by atoms with Crippen molar-refractivity contribution >= 4 is 34.4 Å². The summed E-state index contributed by atoms with van der Waals surface area (Å²) in [6, 6.07) is 3.79. The van der Waals surface area contributed by atoms with Gasteiger partial charge in [-0.3, -0.25) is 4.79 Å². The Hall–Kier alpha value is -2.25. The van der Waals surface area contributed by atoms with E-state index in [2.05, 4.69) is 9.55 Å². The van der Waals surface area contributed by atoms with Crippen molar-refractivity contribution in [2.24, 2.45) is 0 Å². The predicted molar refractivity (Wildman–Crippen MR) is 99.6 cm³/mol. The SMILES string of the molecule is CCn1c(C)cc(C(=O)COC(=O)c2csc(-c3ccsc3)n2)c1C. The van der Waals surface area contributed by atoms with Crippen LogP contribution in [-0.4, -0.2) is 27.9 Å². The number of hydrogen-bond donors (Lipinski definition) is 0. The van der Waals surface area contributed by atoms with E-state index < -0.39 is 5.97 Å². The second-order valence-electron chi connectivity index (χ2n) is 5.58. The molecule has 0 aliphatic carbocycles. The van der Waals surface area contributed by atoms with E-state index in [1.165, 1.54) is 11.3 Å². The quantitative estimate of drug-likeness (QED) is 0.475. The Kier molecular flexibility index (Phi) is 5.15. The number of esters is 1. The molecule has 5 nitrogen and oxygen atoms in total. The number of ether oxygens (including phenoxy) is 1. The van der Waals surface area contributed by atoms with Crippen LogP contribution in [0.3, 0.4) is 0 Å². The zero-order chi connectivity index (χ0) is 18.0. The number of carbonyl (C=O) groups excluding carboxylic acids is 2. The number of ketones is 1. The van der Waals surface area contributed by atoms with E-state index in [0.717, 1.165) is 28.5 Å². The fourth-order valence-corrected chi connectivity index (χ4v) is 4.24. The number of aryl methyl sites for hydroxylation is 1. The lowest BCUT2D eigenvalue weighted by molar-refractivity contribution is 0.0469. The predicted octanol–water partition coefficient (Wildman–Crippen LogP) is 4.35. The number of hydrogen-bond acceptors (Lipinski definition) is 6. The van der Waals surface area contributed by atoms with Gasteiger partial charge in [-0.2, -0.15) is 11.3 Å². The highest BCUT2D eigenvalue weighted by Crippen LogP contribution is 2.26. The molecular weight excluding hydrogens is 356 g/mol. The second-order valence-corrected chi connectivity index (χ2v) is 7.22. The van der Waals surface area contributed by atoms with E-state index >= 15 is 0 Å². The van der Waals surface area contributed by atoms with E-state index in [-0.39, 0.29) is 18.1 Å². The molecule has 0 fully saturated rings. The van der Waals surface area contributed by atoms with E-state index in [0.29, 0.717) is 5.56 Å². The number of aromatic nitrogens is 2. The minimum Gasteiger partial charge on any atom is -0.453 e. The largest absolute Gasteiger partial charge is 0.453 e. The van der Waals surface area contributed by atoms with Gasteiger partial charge in [-0.15, -0.1) is 11.3 Å². The molecule has 0 saturated heterocycles. The van der Waals surface area contributed by atoms with E-state index in [1.54, 1.807) is 16.7 Å². The van der Waals surface area contributed by atoms with Crippen molar-refractivity contribution in [2.75, 3.05) is 6.61 Å². The molecule has 0 N–H and O–H groups in total. The summed E-state index contributed by atoms with van der Waals surface area (Å²) in [5.74, 6) is -0.773. The van der Waals surface area contributed by atoms with Crippen LogP contribution in [0.2, 0.25) is 0 Å². The van der Waals surface area contributed by atoms with Gasteiger partial charge >= 0.3 is 5.97 Å². The molecule has 0 aliphatic rings. The summed E-state index contributed by atoms with van der Waals surface area (Å²) in [6.45, 7) is 6.41. The fraction of sp³-hybridized carbons (Fsp3) is 0.278. The van der Waals surface area contributed by atoms with E-state index in [1.807, 2.05) is 43.7 Å². The highest BCUT2D eigenvalue weighted by atomic mass is 32.1. The van der Waals surface area contributed by atoms with E-state index in [4.69, 9.17) is 4.74 Å². The molecule has 3 aromatic rings. The first-order valence-corrected chi connectivity index (χ1v) is 9.68. The molecule has 7 heteroatoms. The molecule has 130 valence electrons. The molecule has 0 bridgehead atoms. The molecule has 0 aliphatic heterocycles. The number of thiophene rings is 1. The van der Waals surface area contributed by atoms with Gasteiger partial charge < -0.3 is 9.30 Å². The first-order valence-electron chi connectivity index (χ1n) is 7.86.